The number of para-hydroxylation sites is 1. The summed E-state index contributed by atoms with van der Waals surface area (Å²) in [4.78, 5) is 0. The number of aromatic nitrogens is 2. The second kappa shape index (κ2) is 4.04. The second-order valence-electron chi connectivity index (χ2n) is 4.01. The Bertz CT molecular complexity index is 514. The summed E-state index contributed by atoms with van der Waals surface area (Å²) in [5, 5.41) is 7.59. The molecule has 0 aliphatic carbocycles. The van der Waals surface area contributed by atoms with Crippen molar-refractivity contribution in [2.75, 3.05) is 0 Å². The molecular formula is C12H11ClN2O2. The van der Waals surface area contributed by atoms with Crippen molar-refractivity contribution in [1.29, 1.82) is 0 Å². The zero-order valence-electron chi connectivity index (χ0n) is 9.26. The number of alkyl halides is 1. The molecule has 1 aromatic carbocycles. The molecule has 1 aliphatic rings. The van der Waals surface area contributed by atoms with Crippen LogP contribution in [0.25, 0.3) is 0 Å². The Labute approximate surface area is 104 Å². The maximum atomic E-state index is 5.88. The molecule has 1 aliphatic heterocycles. The van der Waals surface area contributed by atoms with E-state index < -0.39 is 0 Å². The molecule has 0 bridgehead atoms. The molecule has 3 rings (SSSR count). The fourth-order valence-corrected chi connectivity index (χ4v) is 1.95. The zero-order chi connectivity index (χ0) is 11.8. The monoisotopic (exact) mass is 250 g/mol. The second-order valence-corrected chi connectivity index (χ2v) is 4.67. The van der Waals surface area contributed by atoms with Crippen molar-refractivity contribution in [1.82, 2.24) is 10.2 Å². The van der Waals surface area contributed by atoms with Gasteiger partial charge in [-0.15, -0.1) is 21.8 Å². The minimum Gasteiger partial charge on any atom is -0.480 e. The number of benzene rings is 1. The van der Waals surface area contributed by atoms with Gasteiger partial charge in [-0.05, 0) is 18.6 Å². The first-order chi connectivity index (χ1) is 8.24. The third kappa shape index (κ3) is 1.89. The van der Waals surface area contributed by atoms with Gasteiger partial charge in [0, 0.05) is 6.42 Å². The average Bonchev–Trinajstić information content (AvgIpc) is 2.95. The normalized spacial score (nSPS) is 19.8. The summed E-state index contributed by atoms with van der Waals surface area (Å²) in [5.41, 5.74) is 1.16. The van der Waals surface area contributed by atoms with Crippen molar-refractivity contribution in [3.8, 4) is 5.75 Å². The van der Waals surface area contributed by atoms with Gasteiger partial charge in [0.05, 0.1) is 0 Å². The largest absolute Gasteiger partial charge is 0.480 e. The van der Waals surface area contributed by atoms with Crippen molar-refractivity contribution in [2.24, 2.45) is 0 Å². The maximum absolute atomic E-state index is 5.88. The van der Waals surface area contributed by atoms with E-state index in [0.717, 1.165) is 17.7 Å². The van der Waals surface area contributed by atoms with E-state index in [-0.39, 0.29) is 11.5 Å². The summed E-state index contributed by atoms with van der Waals surface area (Å²) in [6.07, 6.45) is 0.568. The van der Waals surface area contributed by atoms with Crippen LogP contribution in [0.4, 0.5) is 0 Å². The lowest BCUT2D eigenvalue weighted by Gasteiger charge is -2.04. The highest BCUT2D eigenvalue weighted by Crippen LogP contribution is 2.36. The van der Waals surface area contributed by atoms with Crippen LogP contribution in [0.15, 0.2) is 28.7 Å². The quantitative estimate of drug-likeness (QED) is 0.769. The lowest BCUT2D eigenvalue weighted by molar-refractivity contribution is 0.195. The summed E-state index contributed by atoms with van der Waals surface area (Å²) in [6.45, 7) is 1.79. The average molecular weight is 251 g/mol. The van der Waals surface area contributed by atoms with Gasteiger partial charge in [0.15, 0.2) is 6.10 Å². The first-order valence-electron chi connectivity index (χ1n) is 5.46. The molecule has 2 unspecified atom stereocenters. The molecule has 17 heavy (non-hydrogen) atoms. The topological polar surface area (TPSA) is 48.2 Å². The lowest BCUT2D eigenvalue weighted by Crippen LogP contribution is -2.03. The minimum absolute atomic E-state index is 0.191. The van der Waals surface area contributed by atoms with E-state index >= 15 is 0 Å². The van der Waals surface area contributed by atoms with Gasteiger partial charge in [-0.2, -0.15) is 0 Å². The van der Waals surface area contributed by atoms with E-state index in [1.807, 2.05) is 24.3 Å². The predicted molar refractivity (Wildman–Crippen MR) is 62.1 cm³/mol. The van der Waals surface area contributed by atoms with Crippen LogP contribution in [0.1, 0.15) is 35.7 Å². The highest BCUT2D eigenvalue weighted by molar-refractivity contribution is 6.20. The van der Waals surface area contributed by atoms with Crippen molar-refractivity contribution in [3.63, 3.8) is 0 Å². The summed E-state index contributed by atoms with van der Waals surface area (Å²) in [5.74, 6) is 1.81. The van der Waals surface area contributed by atoms with Crippen molar-refractivity contribution in [3.05, 3.63) is 41.6 Å². The van der Waals surface area contributed by atoms with E-state index in [1.165, 1.54) is 0 Å². The number of nitrogens with zero attached hydrogens (tertiary/aromatic N) is 2. The molecule has 0 spiro atoms. The van der Waals surface area contributed by atoms with Crippen LogP contribution in [0, 0.1) is 0 Å². The van der Waals surface area contributed by atoms with Gasteiger partial charge in [0.25, 0.3) is 5.89 Å². The van der Waals surface area contributed by atoms with Crippen molar-refractivity contribution >= 4 is 11.6 Å². The first-order valence-corrected chi connectivity index (χ1v) is 5.89. The summed E-state index contributed by atoms with van der Waals surface area (Å²) >= 11 is 5.88. The van der Waals surface area contributed by atoms with Crippen LogP contribution in [-0.4, -0.2) is 10.2 Å². The van der Waals surface area contributed by atoms with E-state index in [2.05, 4.69) is 10.2 Å². The molecule has 2 aromatic rings. The van der Waals surface area contributed by atoms with E-state index in [4.69, 9.17) is 20.8 Å². The molecule has 0 saturated carbocycles. The molecule has 0 saturated heterocycles. The molecular weight excluding hydrogens is 240 g/mol. The van der Waals surface area contributed by atoms with Crippen LogP contribution in [0.5, 0.6) is 5.75 Å². The van der Waals surface area contributed by atoms with Gasteiger partial charge in [-0.25, -0.2) is 0 Å². The number of ether oxygens (including phenoxy) is 1. The highest BCUT2D eigenvalue weighted by atomic mass is 35.5. The lowest BCUT2D eigenvalue weighted by atomic mass is 10.1. The van der Waals surface area contributed by atoms with E-state index in [1.54, 1.807) is 6.92 Å². The van der Waals surface area contributed by atoms with Crippen molar-refractivity contribution < 1.29 is 9.15 Å². The molecule has 0 fully saturated rings. The number of hydrogen-bond acceptors (Lipinski definition) is 4. The zero-order valence-corrected chi connectivity index (χ0v) is 10.0. The van der Waals surface area contributed by atoms with E-state index in [9.17, 15) is 0 Å². The molecule has 0 radical (unpaired) electrons. The van der Waals surface area contributed by atoms with Gasteiger partial charge in [-0.3, -0.25) is 0 Å². The Morgan fingerprint density at radius 3 is 2.88 bits per heavy atom. The smallest absolute Gasteiger partial charge is 0.257 e. The molecule has 2 atom stereocenters. The number of fused-ring (bicyclic) bond motifs is 1. The van der Waals surface area contributed by atoms with Crippen LogP contribution < -0.4 is 4.74 Å². The first kappa shape index (κ1) is 10.6. The van der Waals surface area contributed by atoms with Crippen LogP contribution >= 0.6 is 11.6 Å². The van der Waals surface area contributed by atoms with Crippen LogP contribution in [0.2, 0.25) is 0 Å². The third-order valence-electron chi connectivity index (χ3n) is 2.72. The van der Waals surface area contributed by atoms with Gasteiger partial charge < -0.3 is 9.15 Å². The standard InChI is InChI=1S/C12H11ClN2O2/c1-7(13)11-14-15-12(17-11)10-6-8-4-2-3-5-9(8)16-10/h2-5,7,10H,6H2,1H3. The Kier molecular flexibility index (Phi) is 2.52. The molecule has 5 heteroatoms. The fraction of sp³-hybridized carbons (Fsp3) is 0.333. The van der Waals surface area contributed by atoms with Gasteiger partial charge >= 0.3 is 0 Å². The number of rotatable bonds is 2. The van der Waals surface area contributed by atoms with Gasteiger partial charge in [0.2, 0.25) is 5.89 Å². The molecule has 0 N–H and O–H groups in total. The van der Waals surface area contributed by atoms with Crippen LogP contribution in [0.3, 0.4) is 0 Å². The summed E-state index contributed by atoms with van der Waals surface area (Å²) in [6, 6.07) is 7.92. The molecule has 2 heterocycles. The molecule has 88 valence electrons. The Morgan fingerprint density at radius 1 is 1.35 bits per heavy atom. The van der Waals surface area contributed by atoms with Crippen LogP contribution in [-0.2, 0) is 6.42 Å². The molecule has 1 aromatic heterocycles. The maximum Gasteiger partial charge on any atom is 0.257 e. The van der Waals surface area contributed by atoms with Crippen molar-refractivity contribution in [2.45, 2.75) is 24.8 Å². The highest BCUT2D eigenvalue weighted by Gasteiger charge is 2.29. The number of hydrogen-bond donors (Lipinski definition) is 0. The SMILES string of the molecule is CC(Cl)c1nnc(C2Cc3ccccc3O2)o1. The number of halogens is 1. The van der Waals surface area contributed by atoms with Gasteiger partial charge in [0.1, 0.15) is 11.1 Å². The molecule has 4 nitrogen and oxygen atoms in total. The van der Waals surface area contributed by atoms with Gasteiger partial charge in [-0.1, -0.05) is 18.2 Å². The summed E-state index contributed by atoms with van der Waals surface area (Å²) < 4.78 is 11.2. The third-order valence-corrected chi connectivity index (χ3v) is 2.91. The Morgan fingerprint density at radius 2 is 2.18 bits per heavy atom. The minimum atomic E-state index is -0.278. The molecule has 0 amide bonds. The predicted octanol–water partition coefficient (Wildman–Crippen LogP) is 3.05. The Hall–Kier alpha value is -1.55. The van der Waals surface area contributed by atoms with E-state index in [0.29, 0.717) is 11.8 Å². The summed E-state index contributed by atoms with van der Waals surface area (Å²) in [7, 11) is 0. The Balaban J connectivity index is 1.84. The fourth-order valence-electron chi connectivity index (χ4n) is 1.86.